The lowest BCUT2D eigenvalue weighted by molar-refractivity contribution is -0.113. The molecule has 0 radical (unpaired) electrons. The smallest absolute Gasteiger partial charge is 0.234 e. The summed E-state index contributed by atoms with van der Waals surface area (Å²) in [6.07, 6.45) is 0. The Morgan fingerprint density at radius 2 is 1.90 bits per heavy atom. The van der Waals surface area contributed by atoms with E-state index in [2.05, 4.69) is 5.32 Å². The van der Waals surface area contributed by atoms with E-state index >= 15 is 0 Å². The molecule has 0 bridgehead atoms. The minimum absolute atomic E-state index is 0.0345. The summed E-state index contributed by atoms with van der Waals surface area (Å²) in [5.74, 6) is 1.05. The first-order valence-electron chi connectivity index (χ1n) is 6.49. The Balaban J connectivity index is 1.79. The Kier molecular flexibility index (Phi) is 6.11. The fourth-order valence-corrected chi connectivity index (χ4v) is 2.82. The van der Waals surface area contributed by atoms with Gasteiger partial charge in [0.25, 0.3) is 0 Å². The molecule has 1 amide bonds. The number of aliphatic hydroxyl groups is 1. The monoisotopic (exact) mass is 321 g/mol. The zero-order valence-electron chi connectivity index (χ0n) is 11.4. The maximum absolute atomic E-state index is 11.8. The summed E-state index contributed by atoms with van der Waals surface area (Å²) in [5, 5.41) is 12.6. The number of anilines is 1. The van der Waals surface area contributed by atoms with Crippen LogP contribution in [0.2, 0.25) is 5.02 Å². The summed E-state index contributed by atoms with van der Waals surface area (Å²) in [6, 6.07) is 14.8. The predicted molar refractivity (Wildman–Crippen MR) is 88.6 cm³/mol. The van der Waals surface area contributed by atoms with Crippen molar-refractivity contribution in [3.63, 3.8) is 0 Å². The standard InChI is InChI=1S/C16H16ClNO2S/c17-14-5-1-4-13(7-14)10-21-11-16(20)18-15-6-2-3-12(8-15)9-19/h1-8,19H,9-11H2,(H,18,20). The molecule has 0 saturated carbocycles. The van der Waals surface area contributed by atoms with Crippen molar-refractivity contribution in [1.29, 1.82) is 0 Å². The topological polar surface area (TPSA) is 49.3 Å². The number of hydrogen-bond acceptors (Lipinski definition) is 3. The van der Waals surface area contributed by atoms with Gasteiger partial charge in [-0.3, -0.25) is 4.79 Å². The van der Waals surface area contributed by atoms with E-state index in [0.717, 1.165) is 16.9 Å². The van der Waals surface area contributed by atoms with Crippen molar-refractivity contribution in [2.24, 2.45) is 0 Å². The SMILES string of the molecule is O=C(CSCc1cccc(Cl)c1)Nc1cccc(CO)c1. The fraction of sp³-hybridized carbons (Fsp3) is 0.188. The molecule has 0 unspecified atom stereocenters. The summed E-state index contributed by atoms with van der Waals surface area (Å²) in [6.45, 7) is -0.0345. The number of nitrogens with one attached hydrogen (secondary N) is 1. The van der Waals surface area contributed by atoms with Gasteiger partial charge in [-0.1, -0.05) is 35.9 Å². The van der Waals surface area contributed by atoms with Crippen molar-refractivity contribution >= 4 is 35.0 Å². The molecule has 0 atom stereocenters. The number of hydrogen-bond donors (Lipinski definition) is 2. The Labute approximate surface area is 133 Å². The summed E-state index contributed by atoms with van der Waals surface area (Å²) >= 11 is 7.45. The molecule has 0 aromatic heterocycles. The van der Waals surface area contributed by atoms with Gasteiger partial charge < -0.3 is 10.4 Å². The molecule has 0 aliphatic rings. The number of carbonyl (C=O) groups excluding carboxylic acids is 1. The molecule has 0 aliphatic carbocycles. The number of aliphatic hydroxyl groups excluding tert-OH is 1. The molecule has 0 spiro atoms. The molecule has 0 aliphatic heterocycles. The lowest BCUT2D eigenvalue weighted by Crippen LogP contribution is -2.14. The first-order valence-corrected chi connectivity index (χ1v) is 8.02. The predicted octanol–water partition coefficient (Wildman–Crippen LogP) is 3.70. The summed E-state index contributed by atoms with van der Waals surface area (Å²) in [7, 11) is 0. The van der Waals surface area contributed by atoms with Crippen molar-refractivity contribution in [2.75, 3.05) is 11.1 Å². The minimum atomic E-state index is -0.0582. The Morgan fingerprint density at radius 3 is 2.67 bits per heavy atom. The van der Waals surface area contributed by atoms with Crippen molar-refractivity contribution in [1.82, 2.24) is 0 Å². The lowest BCUT2D eigenvalue weighted by Gasteiger charge is -2.06. The van der Waals surface area contributed by atoms with Gasteiger partial charge in [-0.25, -0.2) is 0 Å². The Hall–Kier alpha value is -1.49. The molecule has 2 aromatic carbocycles. The van der Waals surface area contributed by atoms with Gasteiger partial charge in [0.2, 0.25) is 5.91 Å². The van der Waals surface area contributed by atoms with Gasteiger partial charge in [0.1, 0.15) is 0 Å². The van der Waals surface area contributed by atoms with Crippen LogP contribution < -0.4 is 5.32 Å². The van der Waals surface area contributed by atoms with Crippen LogP contribution in [0.5, 0.6) is 0 Å². The zero-order valence-corrected chi connectivity index (χ0v) is 13.0. The van der Waals surface area contributed by atoms with Crippen LogP contribution in [-0.4, -0.2) is 16.8 Å². The van der Waals surface area contributed by atoms with Crippen LogP contribution >= 0.6 is 23.4 Å². The highest BCUT2D eigenvalue weighted by molar-refractivity contribution is 7.99. The van der Waals surface area contributed by atoms with Gasteiger partial charge >= 0.3 is 0 Å². The minimum Gasteiger partial charge on any atom is -0.392 e. The quantitative estimate of drug-likeness (QED) is 0.853. The van der Waals surface area contributed by atoms with Gasteiger partial charge in [-0.05, 0) is 35.4 Å². The molecule has 0 heterocycles. The van der Waals surface area contributed by atoms with E-state index in [1.807, 2.05) is 30.3 Å². The summed E-state index contributed by atoms with van der Waals surface area (Å²) < 4.78 is 0. The van der Waals surface area contributed by atoms with E-state index in [9.17, 15) is 4.79 Å². The second kappa shape index (κ2) is 8.08. The highest BCUT2D eigenvalue weighted by Gasteiger charge is 2.04. The number of thioether (sulfide) groups is 1. The average Bonchev–Trinajstić information content (AvgIpc) is 2.47. The molecule has 2 rings (SSSR count). The molecule has 3 nitrogen and oxygen atoms in total. The molecule has 21 heavy (non-hydrogen) atoms. The van der Waals surface area contributed by atoms with Gasteiger partial charge in [-0.2, -0.15) is 0 Å². The number of carbonyl (C=O) groups is 1. The first-order chi connectivity index (χ1) is 10.2. The van der Waals surface area contributed by atoms with Crippen LogP contribution in [0.25, 0.3) is 0 Å². The normalized spacial score (nSPS) is 10.4. The van der Waals surface area contributed by atoms with Crippen LogP contribution in [-0.2, 0) is 17.2 Å². The zero-order chi connectivity index (χ0) is 15.1. The number of benzene rings is 2. The van der Waals surface area contributed by atoms with Crippen LogP contribution in [0, 0.1) is 0 Å². The summed E-state index contributed by atoms with van der Waals surface area (Å²) in [4.78, 5) is 11.8. The van der Waals surface area contributed by atoms with E-state index < -0.39 is 0 Å². The highest BCUT2D eigenvalue weighted by Crippen LogP contribution is 2.17. The molecule has 2 aromatic rings. The number of amides is 1. The molecule has 5 heteroatoms. The molecule has 2 N–H and O–H groups in total. The second-order valence-corrected chi connectivity index (χ2v) is 5.95. The van der Waals surface area contributed by atoms with E-state index in [1.54, 1.807) is 18.2 Å². The van der Waals surface area contributed by atoms with E-state index in [1.165, 1.54) is 11.8 Å². The first kappa shape index (κ1) is 15.9. The largest absolute Gasteiger partial charge is 0.392 e. The third-order valence-electron chi connectivity index (χ3n) is 2.78. The fourth-order valence-electron chi connectivity index (χ4n) is 1.83. The molecular formula is C16H16ClNO2S. The van der Waals surface area contributed by atoms with Crippen molar-refractivity contribution < 1.29 is 9.90 Å². The number of halogens is 1. The van der Waals surface area contributed by atoms with Crippen LogP contribution in [0.15, 0.2) is 48.5 Å². The van der Waals surface area contributed by atoms with E-state index in [-0.39, 0.29) is 12.5 Å². The van der Waals surface area contributed by atoms with Crippen molar-refractivity contribution in [2.45, 2.75) is 12.4 Å². The highest BCUT2D eigenvalue weighted by atomic mass is 35.5. The Bertz CT molecular complexity index is 619. The Morgan fingerprint density at radius 1 is 1.14 bits per heavy atom. The van der Waals surface area contributed by atoms with Gasteiger partial charge in [0.15, 0.2) is 0 Å². The van der Waals surface area contributed by atoms with Gasteiger partial charge in [0, 0.05) is 16.5 Å². The second-order valence-electron chi connectivity index (χ2n) is 4.53. The van der Waals surface area contributed by atoms with E-state index in [4.69, 9.17) is 16.7 Å². The maximum Gasteiger partial charge on any atom is 0.234 e. The van der Waals surface area contributed by atoms with Gasteiger partial charge in [0.05, 0.1) is 12.4 Å². The van der Waals surface area contributed by atoms with E-state index in [0.29, 0.717) is 16.5 Å². The third kappa shape index (κ3) is 5.42. The molecule has 110 valence electrons. The van der Waals surface area contributed by atoms with Crippen molar-refractivity contribution in [3.05, 3.63) is 64.7 Å². The summed E-state index contributed by atoms with van der Waals surface area (Å²) in [5.41, 5.74) is 2.58. The average molecular weight is 322 g/mol. The third-order valence-corrected chi connectivity index (χ3v) is 4.02. The molecular weight excluding hydrogens is 306 g/mol. The van der Waals surface area contributed by atoms with Crippen LogP contribution in [0.4, 0.5) is 5.69 Å². The van der Waals surface area contributed by atoms with Crippen molar-refractivity contribution in [3.8, 4) is 0 Å². The maximum atomic E-state index is 11.8. The molecule has 0 fully saturated rings. The lowest BCUT2D eigenvalue weighted by atomic mass is 10.2. The number of rotatable bonds is 6. The molecule has 0 saturated heterocycles. The van der Waals surface area contributed by atoms with Gasteiger partial charge in [-0.15, -0.1) is 11.8 Å². The van der Waals surface area contributed by atoms with Crippen LogP contribution in [0.3, 0.4) is 0 Å². The van der Waals surface area contributed by atoms with Crippen LogP contribution in [0.1, 0.15) is 11.1 Å².